The zero-order valence-corrected chi connectivity index (χ0v) is 25.8. The number of hydrogen-bond acceptors (Lipinski definition) is 6. The van der Waals surface area contributed by atoms with Crippen molar-refractivity contribution in [1.82, 2.24) is 16.0 Å². The summed E-state index contributed by atoms with van der Waals surface area (Å²) < 4.78 is 23.2. The molecule has 0 saturated carbocycles. The van der Waals surface area contributed by atoms with Crippen LogP contribution in [-0.2, 0) is 27.7 Å². The maximum Gasteiger partial charge on any atom is 0.405 e. The average Bonchev–Trinajstić information content (AvgIpc) is 2.95. The summed E-state index contributed by atoms with van der Waals surface area (Å²) in [5.41, 5.74) is 1.19. The number of hydrogen-bond donors (Lipinski definition) is 6. The summed E-state index contributed by atoms with van der Waals surface area (Å²) in [5.74, 6) is -1.07. The molecule has 3 aromatic rings. The van der Waals surface area contributed by atoms with E-state index in [2.05, 4.69) is 16.0 Å². The highest BCUT2D eigenvalue weighted by molar-refractivity contribution is 7.89. The van der Waals surface area contributed by atoms with Gasteiger partial charge in [-0.15, -0.1) is 0 Å². The molecule has 0 heterocycles. The van der Waals surface area contributed by atoms with Crippen molar-refractivity contribution in [2.75, 3.05) is 0 Å². The summed E-state index contributed by atoms with van der Waals surface area (Å²) in [6.45, 7) is 5.20. The predicted molar refractivity (Wildman–Crippen MR) is 166 cm³/mol. The SMILES string of the molecule is CC(C)(C)[C@@H](NC(=O)O)C(=O)N[C@@H](Cc1ccccc1)[C@@H](O)C[C@H](Cc1ccccc1)NC(=O)c1ccc(S(N)(=O)=O)cc1. The lowest BCUT2D eigenvalue weighted by atomic mass is 9.85. The molecule has 236 valence electrons. The van der Waals surface area contributed by atoms with Gasteiger partial charge in [-0.2, -0.15) is 0 Å². The largest absolute Gasteiger partial charge is 0.465 e. The molecule has 0 aliphatic rings. The second kappa shape index (κ2) is 15.0. The molecule has 7 N–H and O–H groups in total. The number of benzene rings is 3. The Morgan fingerprint density at radius 3 is 1.80 bits per heavy atom. The van der Waals surface area contributed by atoms with Gasteiger partial charge >= 0.3 is 6.09 Å². The Labute approximate surface area is 257 Å². The number of nitrogens with two attached hydrogens (primary N) is 1. The summed E-state index contributed by atoms with van der Waals surface area (Å²) in [6, 6.07) is 21.3. The number of rotatable bonds is 13. The zero-order chi connectivity index (χ0) is 32.5. The Morgan fingerprint density at radius 1 is 0.795 bits per heavy atom. The van der Waals surface area contributed by atoms with E-state index in [0.29, 0.717) is 6.42 Å². The van der Waals surface area contributed by atoms with Gasteiger partial charge in [0, 0.05) is 11.6 Å². The third kappa shape index (κ3) is 10.5. The molecule has 3 aromatic carbocycles. The van der Waals surface area contributed by atoms with Crippen LogP contribution < -0.4 is 21.1 Å². The van der Waals surface area contributed by atoms with Gasteiger partial charge in [0.05, 0.1) is 17.0 Å². The van der Waals surface area contributed by atoms with Crippen LogP contribution in [0, 0.1) is 5.41 Å². The lowest BCUT2D eigenvalue weighted by molar-refractivity contribution is -0.127. The van der Waals surface area contributed by atoms with Crippen LogP contribution in [0.15, 0.2) is 89.8 Å². The molecule has 0 spiro atoms. The van der Waals surface area contributed by atoms with Crippen molar-refractivity contribution in [3.05, 3.63) is 102 Å². The van der Waals surface area contributed by atoms with Gasteiger partial charge in [0.1, 0.15) is 6.04 Å². The van der Waals surface area contributed by atoms with E-state index in [9.17, 15) is 33.0 Å². The van der Waals surface area contributed by atoms with E-state index in [4.69, 9.17) is 5.14 Å². The van der Waals surface area contributed by atoms with Crippen molar-refractivity contribution >= 4 is 27.9 Å². The Hall–Kier alpha value is -4.26. The highest BCUT2D eigenvalue weighted by atomic mass is 32.2. The van der Waals surface area contributed by atoms with Crippen LogP contribution in [0.1, 0.15) is 48.7 Å². The molecule has 0 aromatic heterocycles. The van der Waals surface area contributed by atoms with Crippen LogP contribution in [0.4, 0.5) is 4.79 Å². The van der Waals surface area contributed by atoms with E-state index in [0.717, 1.165) is 11.1 Å². The lowest BCUT2D eigenvalue weighted by Gasteiger charge is -2.33. The molecule has 0 unspecified atom stereocenters. The molecule has 11 nitrogen and oxygen atoms in total. The normalized spacial score (nSPS) is 14.5. The van der Waals surface area contributed by atoms with Crippen molar-refractivity contribution in [2.45, 2.75) is 69.2 Å². The van der Waals surface area contributed by atoms with Gasteiger partial charge in [0.25, 0.3) is 5.91 Å². The van der Waals surface area contributed by atoms with Gasteiger partial charge in [0.15, 0.2) is 0 Å². The fraction of sp³-hybridized carbons (Fsp3) is 0.344. The van der Waals surface area contributed by atoms with Crippen molar-refractivity contribution in [2.24, 2.45) is 10.6 Å². The molecule has 0 bridgehead atoms. The minimum atomic E-state index is -3.93. The van der Waals surface area contributed by atoms with Gasteiger partial charge in [-0.05, 0) is 60.1 Å². The maximum atomic E-state index is 13.4. The third-order valence-electron chi connectivity index (χ3n) is 7.12. The van der Waals surface area contributed by atoms with Gasteiger partial charge in [0.2, 0.25) is 15.9 Å². The first-order valence-corrected chi connectivity index (χ1v) is 15.7. The first-order chi connectivity index (χ1) is 20.6. The van der Waals surface area contributed by atoms with E-state index in [1.165, 1.54) is 24.3 Å². The maximum absolute atomic E-state index is 13.4. The first kappa shape index (κ1) is 34.2. The quantitative estimate of drug-likeness (QED) is 0.169. The Balaban J connectivity index is 1.87. The van der Waals surface area contributed by atoms with E-state index >= 15 is 0 Å². The van der Waals surface area contributed by atoms with Crippen LogP contribution in [0.2, 0.25) is 0 Å². The van der Waals surface area contributed by atoms with E-state index in [-0.39, 0.29) is 23.3 Å². The minimum absolute atomic E-state index is 0.0419. The highest BCUT2D eigenvalue weighted by Crippen LogP contribution is 2.21. The summed E-state index contributed by atoms with van der Waals surface area (Å²) in [4.78, 5) is 38.0. The lowest BCUT2D eigenvalue weighted by Crippen LogP contribution is -2.58. The van der Waals surface area contributed by atoms with Crippen molar-refractivity contribution in [1.29, 1.82) is 0 Å². The number of carbonyl (C=O) groups excluding carboxylic acids is 2. The molecular formula is C32H40N4O7S. The van der Waals surface area contributed by atoms with E-state index in [1.54, 1.807) is 20.8 Å². The summed E-state index contributed by atoms with van der Waals surface area (Å²) in [6.07, 6.45) is -1.85. The van der Waals surface area contributed by atoms with Gasteiger partial charge in [-0.1, -0.05) is 81.4 Å². The smallest absolute Gasteiger partial charge is 0.405 e. The Morgan fingerprint density at radius 2 is 1.32 bits per heavy atom. The van der Waals surface area contributed by atoms with Crippen molar-refractivity contribution in [3.8, 4) is 0 Å². The van der Waals surface area contributed by atoms with E-state index < -0.39 is 57.6 Å². The molecule has 0 aliphatic carbocycles. The second-order valence-electron chi connectivity index (χ2n) is 11.8. The van der Waals surface area contributed by atoms with Crippen LogP contribution >= 0.6 is 0 Å². The second-order valence-corrected chi connectivity index (χ2v) is 13.3. The number of sulfonamides is 1. The molecule has 3 amide bonds. The summed E-state index contributed by atoms with van der Waals surface area (Å²) in [5, 5.41) is 34.1. The summed E-state index contributed by atoms with van der Waals surface area (Å²) in [7, 11) is -3.93. The number of carbonyl (C=O) groups is 3. The summed E-state index contributed by atoms with van der Waals surface area (Å²) >= 11 is 0. The number of nitrogens with one attached hydrogen (secondary N) is 3. The molecule has 0 aliphatic heterocycles. The topological polar surface area (TPSA) is 188 Å². The fourth-order valence-corrected chi connectivity index (χ4v) is 5.34. The van der Waals surface area contributed by atoms with Crippen LogP contribution in [0.5, 0.6) is 0 Å². The minimum Gasteiger partial charge on any atom is -0.465 e. The molecule has 12 heteroatoms. The number of aliphatic hydroxyl groups is 1. The molecule has 3 rings (SSSR count). The van der Waals surface area contributed by atoms with Crippen LogP contribution in [-0.4, -0.2) is 60.8 Å². The monoisotopic (exact) mass is 624 g/mol. The third-order valence-corrected chi connectivity index (χ3v) is 8.05. The number of carboxylic acid groups (broad SMARTS) is 1. The molecule has 0 fully saturated rings. The average molecular weight is 625 g/mol. The zero-order valence-electron chi connectivity index (χ0n) is 24.9. The Kier molecular flexibility index (Phi) is 11.6. The van der Waals surface area contributed by atoms with Crippen molar-refractivity contribution in [3.63, 3.8) is 0 Å². The number of amides is 3. The van der Waals surface area contributed by atoms with Gasteiger partial charge < -0.3 is 26.2 Å². The predicted octanol–water partition coefficient (Wildman–Crippen LogP) is 2.84. The fourth-order valence-electron chi connectivity index (χ4n) is 4.83. The molecule has 4 atom stereocenters. The van der Waals surface area contributed by atoms with Gasteiger partial charge in [-0.25, -0.2) is 18.4 Å². The molecule has 0 radical (unpaired) electrons. The van der Waals surface area contributed by atoms with Gasteiger partial charge in [-0.3, -0.25) is 9.59 Å². The van der Waals surface area contributed by atoms with Crippen molar-refractivity contribution < 1.29 is 33.0 Å². The van der Waals surface area contributed by atoms with E-state index in [1.807, 2.05) is 60.7 Å². The highest BCUT2D eigenvalue weighted by Gasteiger charge is 2.35. The standard InChI is InChI=1S/C32H40N4O7S/c1-32(2,3)28(36-31(40)41)30(39)35-26(19-22-12-8-5-9-13-22)27(37)20-24(18-21-10-6-4-7-11-21)34-29(38)23-14-16-25(17-15-23)44(33,42)43/h4-17,24,26-28,36-37H,18-20H2,1-3H3,(H,34,38)(H,35,39)(H,40,41)(H2,33,42,43)/t24-,26-,27-,28-/m0/s1. The molecular weight excluding hydrogens is 584 g/mol. The Bertz CT molecular complexity index is 1510. The molecule has 0 saturated heterocycles. The number of aliphatic hydroxyl groups excluding tert-OH is 1. The van der Waals surface area contributed by atoms with Crippen LogP contribution in [0.3, 0.4) is 0 Å². The molecule has 44 heavy (non-hydrogen) atoms. The van der Waals surface area contributed by atoms with Crippen LogP contribution in [0.25, 0.3) is 0 Å². The first-order valence-electron chi connectivity index (χ1n) is 14.1. The number of primary sulfonamides is 1.